The van der Waals surface area contributed by atoms with E-state index in [1.807, 2.05) is 18.6 Å². The van der Waals surface area contributed by atoms with Crippen LogP contribution in [0.25, 0.3) is 116 Å². The quantitative estimate of drug-likeness (QED) is 0.164. The molecule has 0 fully saturated rings. The Labute approximate surface area is 470 Å². The fourth-order valence-electron chi connectivity index (χ4n) is 14.7. The van der Waals surface area contributed by atoms with Crippen LogP contribution in [0.15, 0.2) is 232 Å². The van der Waals surface area contributed by atoms with Gasteiger partial charge in [-0.3, -0.25) is 15.0 Å². The number of hydrogen-bond donors (Lipinski definition) is 0. The summed E-state index contributed by atoms with van der Waals surface area (Å²) in [5.74, 6) is -0.217. The monoisotopic (exact) mass is 1050 g/mol. The van der Waals surface area contributed by atoms with Gasteiger partial charge in [0.1, 0.15) is 33.5 Å². The summed E-state index contributed by atoms with van der Waals surface area (Å²) in [5, 5.41) is 13.6. The Balaban J connectivity index is 0.914. The molecule has 3 aliphatic rings. The zero-order valence-electron chi connectivity index (χ0n) is 44.4. The van der Waals surface area contributed by atoms with Crippen LogP contribution >= 0.6 is 0 Å². The second-order valence-electron chi connectivity index (χ2n) is 22.3. The highest BCUT2D eigenvalue weighted by atomic mass is 16.3. The van der Waals surface area contributed by atoms with Crippen LogP contribution in [0.5, 0.6) is 0 Å². The van der Waals surface area contributed by atoms with Crippen LogP contribution in [0.3, 0.4) is 0 Å². The summed E-state index contributed by atoms with van der Waals surface area (Å²) in [6.45, 7) is 0. The lowest BCUT2D eigenvalue weighted by Crippen LogP contribution is -2.21. The second kappa shape index (κ2) is 17.6. The smallest absolute Gasteiger partial charge is 0.136 e. The maximum absolute atomic E-state index is 6.62. The Morgan fingerprint density at radius 2 is 0.610 bits per heavy atom. The van der Waals surface area contributed by atoms with Gasteiger partial charge in [-0.25, -0.2) is 0 Å². The van der Waals surface area contributed by atoms with Crippen molar-refractivity contribution in [1.29, 1.82) is 0 Å². The van der Waals surface area contributed by atoms with Crippen molar-refractivity contribution in [3.05, 3.63) is 269 Å². The Bertz CT molecular complexity index is 4800. The maximum Gasteiger partial charge on any atom is 0.136 e. The van der Waals surface area contributed by atoms with E-state index in [0.29, 0.717) is 0 Å². The van der Waals surface area contributed by atoms with E-state index < -0.39 is 0 Å². The third kappa shape index (κ3) is 6.56. The van der Waals surface area contributed by atoms with Crippen LogP contribution in [0.4, 0.5) is 17.1 Å². The minimum absolute atomic E-state index is 0.0724. The van der Waals surface area contributed by atoms with Crippen LogP contribution in [0, 0.1) is 0 Å². The van der Waals surface area contributed by atoms with Gasteiger partial charge in [-0.1, -0.05) is 127 Å². The van der Waals surface area contributed by atoms with Gasteiger partial charge in [-0.15, -0.1) is 0 Å². The van der Waals surface area contributed by atoms with Gasteiger partial charge in [-0.05, 0) is 144 Å². The molecular weight excluding hydrogens is 1000 g/mol. The molecule has 0 bridgehead atoms. The first-order valence-electron chi connectivity index (χ1n) is 28.5. The first-order valence-corrected chi connectivity index (χ1v) is 28.5. The molecule has 0 spiro atoms. The Hall–Kier alpha value is -10.4. The van der Waals surface area contributed by atoms with E-state index in [9.17, 15) is 0 Å². The third-order valence-electron chi connectivity index (χ3n) is 18.0. The predicted molar refractivity (Wildman–Crippen MR) is 335 cm³/mol. The molecule has 9 aromatic carbocycles. The lowest BCUT2D eigenvalue weighted by molar-refractivity contribution is 0.669. The molecule has 0 saturated heterocycles. The number of para-hydroxylation sites is 6. The second-order valence-corrected chi connectivity index (χ2v) is 22.3. The molecule has 3 aliphatic carbocycles. The predicted octanol–water partition coefficient (Wildman–Crippen LogP) is 20.1. The minimum atomic E-state index is -0.0724. The van der Waals surface area contributed by atoms with Gasteiger partial charge in [-0.2, -0.15) is 0 Å². The Morgan fingerprint density at radius 3 is 0.951 bits per heavy atom. The minimum Gasteiger partial charge on any atom is -0.456 e. The highest BCUT2D eigenvalue weighted by Crippen LogP contribution is 2.54. The van der Waals surface area contributed by atoms with Crippen molar-refractivity contribution in [2.45, 2.75) is 37.0 Å². The highest BCUT2D eigenvalue weighted by Gasteiger charge is 2.35. The molecule has 0 amide bonds. The van der Waals surface area contributed by atoms with Crippen LogP contribution in [-0.2, 0) is 0 Å². The van der Waals surface area contributed by atoms with Gasteiger partial charge in [0.15, 0.2) is 0 Å². The summed E-state index contributed by atoms with van der Waals surface area (Å²) in [4.78, 5) is 18.3. The van der Waals surface area contributed by atoms with Crippen molar-refractivity contribution >= 4 is 133 Å². The van der Waals surface area contributed by atoms with Crippen molar-refractivity contribution < 1.29 is 13.3 Å². The molecule has 7 heteroatoms. The van der Waals surface area contributed by atoms with Crippen LogP contribution in [-0.4, -0.2) is 15.0 Å². The standard InChI is InChI=1S/C75H48N4O3/c1-7-28-58(46(16-1)49-22-13-25-55-70(49)67-43(40-76-55)34-37-64-73(67)52-19-4-10-31-61(52)80-64)79(59-29-8-2-17-47(59)50-23-14-26-56-71(50)68-44(41-77-56)35-38-65-74(68)53-20-5-11-32-62(53)81-65)60-30-9-3-18-48(60)51-24-15-27-57-72(51)69-45(42-78-57)36-39-66-75(69)54-21-6-12-33-63(54)82-66/h1-21,25-42,49-51H,22-24H2. The van der Waals surface area contributed by atoms with Crippen LogP contribution < -0.4 is 4.90 Å². The zero-order chi connectivity index (χ0) is 53.6. The molecule has 386 valence electrons. The molecule has 18 rings (SSSR count). The van der Waals surface area contributed by atoms with Gasteiger partial charge in [0.25, 0.3) is 0 Å². The summed E-state index contributed by atoms with van der Waals surface area (Å²) < 4.78 is 19.9. The van der Waals surface area contributed by atoms with Crippen molar-refractivity contribution in [3.63, 3.8) is 0 Å². The molecule has 6 aromatic heterocycles. The number of allylic oxidation sites excluding steroid dienone is 3. The van der Waals surface area contributed by atoms with Gasteiger partial charge in [0.05, 0.1) is 17.1 Å². The first-order chi connectivity index (χ1) is 40.7. The largest absolute Gasteiger partial charge is 0.456 e. The lowest BCUT2D eigenvalue weighted by Gasteiger charge is -2.37. The van der Waals surface area contributed by atoms with Crippen molar-refractivity contribution in [1.82, 2.24) is 15.0 Å². The number of aromatic nitrogens is 3. The van der Waals surface area contributed by atoms with E-state index in [2.05, 4.69) is 223 Å². The number of pyridine rings is 3. The molecule has 0 radical (unpaired) electrons. The highest BCUT2D eigenvalue weighted by molar-refractivity contribution is 6.23. The van der Waals surface area contributed by atoms with Gasteiger partial charge in [0, 0.05) is 118 Å². The SMILES string of the molecule is C1=Cc2ncc3ccc4oc5ccccc5c4c3c2C(c2ccccc2N(c2ccccc2C2CC=Cc3ncc4ccc5oc6ccccc6c5c4c32)c2ccccc2C2CC=Cc3ncc4ccc5oc6ccccc6c5c4c32)C1. The molecule has 7 nitrogen and oxygen atoms in total. The van der Waals surface area contributed by atoms with E-state index in [4.69, 9.17) is 28.2 Å². The average Bonchev–Trinajstić information content (AvgIpc) is 4.38. The zero-order valence-corrected chi connectivity index (χ0v) is 44.4. The van der Waals surface area contributed by atoms with Gasteiger partial charge >= 0.3 is 0 Å². The molecular formula is C75H48N4O3. The van der Waals surface area contributed by atoms with E-state index in [1.54, 1.807) is 0 Å². The molecule has 0 N–H and O–H groups in total. The summed E-state index contributed by atoms with van der Waals surface area (Å²) in [5.41, 5.74) is 18.8. The number of fused-ring (bicyclic) bond motifs is 21. The Kier molecular flexibility index (Phi) is 9.74. The lowest BCUT2D eigenvalue weighted by atomic mass is 9.78. The molecule has 15 aromatic rings. The Morgan fingerprint density at radius 1 is 0.305 bits per heavy atom. The number of hydrogen-bond acceptors (Lipinski definition) is 7. The van der Waals surface area contributed by atoms with Crippen molar-refractivity contribution in [2.24, 2.45) is 0 Å². The summed E-state index contributed by atoms with van der Waals surface area (Å²) >= 11 is 0. The van der Waals surface area contributed by atoms with Crippen LogP contribution in [0.2, 0.25) is 0 Å². The fourth-order valence-corrected chi connectivity index (χ4v) is 14.7. The fraction of sp³-hybridized carbons (Fsp3) is 0.0800. The van der Waals surface area contributed by atoms with Gasteiger partial charge in [0.2, 0.25) is 0 Å². The van der Waals surface area contributed by atoms with E-state index in [1.165, 1.54) is 49.5 Å². The van der Waals surface area contributed by atoms with Crippen LogP contribution in [0.1, 0.15) is 87.5 Å². The number of nitrogens with zero attached hydrogens (tertiary/aromatic N) is 4. The van der Waals surface area contributed by atoms with Gasteiger partial charge < -0.3 is 18.2 Å². The molecule has 0 saturated carbocycles. The molecule has 0 aliphatic heterocycles. The number of rotatable bonds is 6. The van der Waals surface area contributed by atoms with E-state index >= 15 is 0 Å². The van der Waals surface area contributed by atoms with E-state index in [0.717, 1.165) is 135 Å². The number of benzene rings is 9. The molecule has 82 heavy (non-hydrogen) atoms. The van der Waals surface area contributed by atoms with Crippen molar-refractivity contribution in [3.8, 4) is 0 Å². The maximum atomic E-state index is 6.62. The summed E-state index contributed by atoms with van der Waals surface area (Å²) in [6.07, 6.45) is 22.1. The molecule has 6 heterocycles. The summed E-state index contributed by atoms with van der Waals surface area (Å²) in [7, 11) is 0. The normalized spacial score (nSPS) is 16.6. The topological polar surface area (TPSA) is 81.3 Å². The van der Waals surface area contributed by atoms with E-state index in [-0.39, 0.29) is 17.8 Å². The average molecular weight is 1050 g/mol. The third-order valence-corrected chi connectivity index (χ3v) is 18.0. The first kappa shape index (κ1) is 45.5. The number of furan rings is 3. The summed E-state index contributed by atoms with van der Waals surface area (Å²) in [6, 6.07) is 65.6. The number of anilines is 3. The molecule has 3 atom stereocenters. The van der Waals surface area contributed by atoms with Crippen molar-refractivity contribution in [2.75, 3.05) is 4.90 Å². The molecule has 3 unspecified atom stereocenters.